The third-order valence-electron chi connectivity index (χ3n) is 20.7. The zero-order valence-corrected chi connectivity index (χ0v) is 52.6. The summed E-state index contributed by atoms with van der Waals surface area (Å²) in [5, 5.41) is 10.4. The number of para-hydroxylation sites is 5. The molecule has 17 aromatic rings. The number of fused-ring (bicyclic) bond motifs is 18. The van der Waals surface area contributed by atoms with E-state index in [0.717, 1.165) is 24.2 Å². The van der Waals surface area contributed by atoms with Crippen molar-refractivity contribution in [2.24, 2.45) is 0 Å². The van der Waals surface area contributed by atoms with Crippen LogP contribution >= 0.6 is 0 Å². The van der Waals surface area contributed by atoms with E-state index in [4.69, 9.17) is 0 Å². The number of nitrogens with zero attached hydrogens (tertiary/aromatic N) is 4. The number of aromatic nitrogens is 2. The molecule has 2 aliphatic heterocycles. The first-order valence-corrected chi connectivity index (χ1v) is 32.7. The van der Waals surface area contributed by atoms with Gasteiger partial charge in [0.15, 0.2) is 7.28 Å². The van der Waals surface area contributed by atoms with Crippen LogP contribution in [0, 0.1) is 0 Å². The quantitative estimate of drug-likeness (QED) is 0.154. The standard InChI is InChI=1S/C86H64B2N4/c1-85(2,3)56-40-44-75-63(48-56)65-51-71-84(80-66-49-57(86(4,5)6)41-45-76(66)91(75)82(65)80)89(58-28-14-9-15-29-58)78-37-23-19-33-70(78)88(71)69-42-38-54(46-61(69)52-24-10-7-11-25-52)55-39-43-74(62(47-55)53-26-12-8-13-27-53)92-77-36-22-18-32-67(77)87-68-50-64-59-30-16-20-34-72(59)90-73-35-21-17-31-60(73)79(81(64)90)83(68)92/h7-51,87H,1-6H3. The van der Waals surface area contributed by atoms with Crippen molar-refractivity contribution in [3.63, 3.8) is 0 Å². The topological polar surface area (TPSA) is 15.3 Å². The summed E-state index contributed by atoms with van der Waals surface area (Å²) in [5.74, 6) is 0. The van der Waals surface area contributed by atoms with Gasteiger partial charge >= 0.3 is 0 Å². The fourth-order valence-corrected chi connectivity index (χ4v) is 16.4. The fraction of sp³-hybridized carbons (Fsp3) is 0.0930. The molecule has 0 bridgehead atoms. The van der Waals surface area contributed by atoms with Crippen molar-refractivity contribution in [3.8, 4) is 33.4 Å². The summed E-state index contributed by atoms with van der Waals surface area (Å²) in [5.41, 5.74) is 30.9. The third-order valence-corrected chi connectivity index (χ3v) is 20.7. The second kappa shape index (κ2) is 19.4. The summed E-state index contributed by atoms with van der Waals surface area (Å²) in [6.45, 7) is 13.9. The van der Waals surface area contributed by atoms with Gasteiger partial charge in [-0.25, -0.2) is 0 Å². The highest BCUT2D eigenvalue weighted by molar-refractivity contribution is 6.99. The Kier molecular flexibility index (Phi) is 11.2. The van der Waals surface area contributed by atoms with Gasteiger partial charge in [-0.05, 0) is 140 Å². The van der Waals surface area contributed by atoms with Crippen molar-refractivity contribution in [1.82, 2.24) is 8.80 Å². The van der Waals surface area contributed by atoms with Crippen LogP contribution in [0.4, 0.5) is 34.1 Å². The van der Waals surface area contributed by atoms with E-state index in [9.17, 15) is 0 Å². The maximum atomic E-state index is 2.61. The van der Waals surface area contributed by atoms with Crippen molar-refractivity contribution in [1.29, 1.82) is 0 Å². The lowest BCUT2D eigenvalue weighted by atomic mass is 9.34. The van der Waals surface area contributed by atoms with Gasteiger partial charge in [-0.15, -0.1) is 0 Å². The molecule has 6 heteroatoms. The lowest BCUT2D eigenvalue weighted by molar-refractivity contribution is 0.591. The highest BCUT2D eigenvalue weighted by Gasteiger charge is 2.41. The largest absolute Gasteiger partial charge is 0.311 e. The van der Waals surface area contributed by atoms with Crippen LogP contribution in [0.2, 0.25) is 0 Å². The molecule has 0 atom stereocenters. The molecule has 0 unspecified atom stereocenters. The number of rotatable bonds is 6. The predicted molar refractivity (Wildman–Crippen MR) is 396 cm³/mol. The monoisotopic (exact) mass is 1170 g/mol. The Bertz CT molecular complexity index is 5890. The minimum atomic E-state index is -0.140. The Balaban J connectivity index is 0.866. The molecule has 13 aromatic carbocycles. The smallest absolute Gasteiger partial charge is 0.247 e. The third kappa shape index (κ3) is 7.55. The molecule has 0 fully saturated rings. The molecule has 0 spiro atoms. The van der Waals surface area contributed by atoms with Crippen molar-refractivity contribution < 1.29 is 0 Å². The SMILES string of the molecule is CC(C)(C)c1ccc2c(c1)c1cc3c(c4c5cc(C(C)(C)C)ccc5n2c14)N(c1ccccc1)c1ccccc1B3c1ccc(-c2ccc(N3c4ccccc4Bc4cc5c6ccccc6n6c7ccccc7c(c43)c56)c(-c3ccccc3)c2)cc1-c1ccccc1. The van der Waals surface area contributed by atoms with E-state index in [2.05, 4.69) is 333 Å². The molecule has 6 heterocycles. The minimum Gasteiger partial charge on any atom is -0.311 e. The molecule has 2 aliphatic rings. The van der Waals surface area contributed by atoms with Crippen LogP contribution in [0.5, 0.6) is 0 Å². The summed E-state index contributed by atoms with van der Waals surface area (Å²) in [4.78, 5) is 5.20. The zero-order valence-electron chi connectivity index (χ0n) is 52.6. The van der Waals surface area contributed by atoms with Gasteiger partial charge in [0, 0.05) is 65.7 Å². The lowest BCUT2D eigenvalue weighted by Gasteiger charge is -2.38. The summed E-state index contributed by atoms with van der Waals surface area (Å²) in [7, 11) is 0.847. The molecular weight excluding hydrogens is 1110 g/mol. The van der Waals surface area contributed by atoms with Crippen molar-refractivity contribution in [3.05, 3.63) is 284 Å². The zero-order chi connectivity index (χ0) is 61.5. The average Bonchev–Trinajstić information content (AvgIpc) is 1.50. The van der Waals surface area contributed by atoms with E-state index in [-0.39, 0.29) is 17.5 Å². The van der Waals surface area contributed by atoms with Crippen LogP contribution in [0.25, 0.3) is 110 Å². The van der Waals surface area contributed by atoms with Gasteiger partial charge in [0.25, 0.3) is 0 Å². The van der Waals surface area contributed by atoms with E-state index < -0.39 is 0 Å². The highest BCUT2D eigenvalue weighted by Crippen LogP contribution is 2.52. The van der Waals surface area contributed by atoms with Crippen molar-refractivity contribution >= 4 is 152 Å². The first kappa shape index (κ1) is 53.1. The van der Waals surface area contributed by atoms with Gasteiger partial charge in [0.1, 0.15) is 0 Å². The lowest BCUT2D eigenvalue weighted by Crippen LogP contribution is -2.57. The summed E-state index contributed by atoms with van der Waals surface area (Å²) in [6, 6.07) is 104. The van der Waals surface area contributed by atoms with Crippen LogP contribution in [-0.2, 0) is 10.8 Å². The molecule has 0 amide bonds. The van der Waals surface area contributed by atoms with Gasteiger partial charge in [-0.1, -0.05) is 252 Å². The van der Waals surface area contributed by atoms with Crippen LogP contribution in [0.15, 0.2) is 273 Å². The summed E-state index contributed by atoms with van der Waals surface area (Å²) >= 11 is 0. The Morgan fingerprint density at radius 2 is 0.826 bits per heavy atom. The Hall–Kier alpha value is -10.8. The normalized spacial score (nSPS) is 13.3. The fourth-order valence-electron chi connectivity index (χ4n) is 16.4. The second-order valence-electron chi connectivity index (χ2n) is 28.0. The van der Waals surface area contributed by atoms with Gasteiger partial charge < -0.3 is 18.6 Å². The maximum Gasteiger partial charge on any atom is 0.247 e. The van der Waals surface area contributed by atoms with E-state index in [1.165, 1.54) is 165 Å². The summed E-state index contributed by atoms with van der Waals surface area (Å²) in [6.07, 6.45) is 0. The molecule has 0 saturated heterocycles. The van der Waals surface area contributed by atoms with E-state index >= 15 is 0 Å². The van der Waals surface area contributed by atoms with Crippen LogP contribution in [0.3, 0.4) is 0 Å². The first-order valence-electron chi connectivity index (χ1n) is 32.7. The molecule has 4 aromatic heterocycles. The van der Waals surface area contributed by atoms with Gasteiger partial charge in [0.2, 0.25) is 6.71 Å². The summed E-state index contributed by atoms with van der Waals surface area (Å²) < 4.78 is 5.10. The molecule has 0 saturated carbocycles. The molecular formula is C86H64B2N4. The number of hydrogen-bond acceptors (Lipinski definition) is 2. The van der Waals surface area contributed by atoms with Crippen LogP contribution in [0.1, 0.15) is 52.7 Å². The van der Waals surface area contributed by atoms with Crippen molar-refractivity contribution in [2.75, 3.05) is 9.80 Å². The van der Waals surface area contributed by atoms with Gasteiger partial charge in [-0.2, -0.15) is 0 Å². The average molecular weight is 1180 g/mol. The minimum absolute atomic E-state index is 0.0346. The molecule has 0 aliphatic carbocycles. The van der Waals surface area contributed by atoms with Crippen LogP contribution in [-0.4, -0.2) is 22.8 Å². The molecule has 4 nitrogen and oxygen atoms in total. The second-order valence-corrected chi connectivity index (χ2v) is 28.0. The highest BCUT2D eigenvalue weighted by atomic mass is 15.2. The Morgan fingerprint density at radius 3 is 1.52 bits per heavy atom. The molecule has 0 radical (unpaired) electrons. The number of anilines is 6. The Morgan fingerprint density at radius 1 is 0.304 bits per heavy atom. The first-order chi connectivity index (χ1) is 44.9. The van der Waals surface area contributed by atoms with Crippen LogP contribution < -0.4 is 37.1 Å². The van der Waals surface area contributed by atoms with Gasteiger partial charge in [-0.3, -0.25) is 0 Å². The number of benzene rings is 13. The molecule has 0 N–H and O–H groups in total. The molecule has 19 rings (SSSR count). The maximum absolute atomic E-state index is 2.61. The van der Waals surface area contributed by atoms with E-state index in [0.29, 0.717) is 0 Å². The van der Waals surface area contributed by atoms with Gasteiger partial charge in [0.05, 0.1) is 50.2 Å². The van der Waals surface area contributed by atoms with E-state index in [1.54, 1.807) is 0 Å². The molecule has 92 heavy (non-hydrogen) atoms. The number of hydrogen-bond donors (Lipinski definition) is 0. The van der Waals surface area contributed by atoms with E-state index in [1.807, 2.05) is 0 Å². The predicted octanol–water partition coefficient (Wildman–Crippen LogP) is 19.1. The Labute approximate surface area is 536 Å². The molecule has 434 valence electrons. The van der Waals surface area contributed by atoms with Crippen molar-refractivity contribution in [2.45, 2.75) is 52.4 Å².